The summed E-state index contributed by atoms with van der Waals surface area (Å²) in [6.07, 6.45) is 0.775. The number of carbonyl (C=O) groups is 5. The molecule has 0 saturated carbocycles. The number of esters is 1. The Bertz CT molecular complexity index is 5740. The number of rotatable bonds is 30. The average Bonchev–Trinajstić information content (AvgIpc) is 1.68. The number of aromatic nitrogens is 8. The highest BCUT2D eigenvalue weighted by Gasteiger charge is 2.32. The third kappa shape index (κ3) is 31.0. The molecule has 4 heterocycles. The molecule has 0 saturated heterocycles. The van der Waals surface area contributed by atoms with Crippen LogP contribution in [0.3, 0.4) is 0 Å². The van der Waals surface area contributed by atoms with Crippen LogP contribution < -0.4 is 0 Å². The summed E-state index contributed by atoms with van der Waals surface area (Å²) in [6, 6.07) is 40.4. The first-order valence-corrected chi connectivity index (χ1v) is 45.8. The Labute approximate surface area is 793 Å². The van der Waals surface area contributed by atoms with Crippen LogP contribution in [0.15, 0.2) is 110 Å². The van der Waals surface area contributed by atoms with E-state index in [4.69, 9.17) is 53.8 Å². The minimum Gasteiger partial charge on any atom is -0.468 e. The van der Waals surface area contributed by atoms with Crippen molar-refractivity contribution in [3.8, 4) is 36.6 Å². The molecule has 4 atom stereocenters. The van der Waals surface area contributed by atoms with Crippen molar-refractivity contribution < 1.29 is 76.1 Å². The van der Waals surface area contributed by atoms with Crippen LogP contribution in [0.25, 0.3) is 45.3 Å². The number of ether oxygens (including phenoxy) is 11. The molecule has 4 aromatic carbocycles. The number of aryl methyl sites for hydroxylation is 8. The van der Waals surface area contributed by atoms with Crippen LogP contribution >= 0.6 is 23.5 Å². The zero-order chi connectivity index (χ0) is 99.9. The molecular formula is C103H130N12O16S2. The zero-order valence-corrected chi connectivity index (χ0v) is 84.4. The van der Waals surface area contributed by atoms with Crippen molar-refractivity contribution in [2.24, 2.45) is 0 Å². The van der Waals surface area contributed by atoms with Gasteiger partial charge >= 0.3 is 28.9 Å². The monoisotopic (exact) mass is 1850 g/mol. The van der Waals surface area contributed by atoms with Gasteiger partial charge in [0.1, 0.15) is 81.7 Å². The Morgan fingerprint density at radius 1 is 0.398 bits per heavy atom. The second kappa shape index (κ2) is 50.4. The van der Waals surface area contributed by atoms with Gasteiger partial charge in [0.25, 0.3) is 0 Å². The number of hydrogen-bond acceptors (Lipinski definition) is 26. The number of benzene rings is 4. The standard InChI is InChI=1S/C26H33N3O5S.C26H33N3O4.C26H31N3O4.C25H33N3O3S/c1-9-29-23(16(2)17(3)28-29)24(33-18(4)34-25(31)35-15-22(30)32-8)21(14-27)19-10-12-20(13-11-19)26(5,6)7;2*1-9-15-31-25(30)33-19(5)32-24(23-17(3)18(4)28-29(23)10-2)22(16-27)20-11-13-21(14-12-20)26(6,7)8;1-9-28-22(16(3)17(4)27-28)23(30-18(5)31-24(29)32-10-2)21(15-26)19-11-13-20(14-12-19)25(6,7)8/h10-13,18H,9,15H2,1-8H3;9,11-14,19H,1,10,15H2,2-8H3;1,11-14,19H,10,15H2,2-8H3;11-14,18H,9-10H2,1-8H3/b24-21-;2*24-22-;23-21-. The second-order valence-corrected chi connectivity index (χ2v) is 36.8. The van der Waals surface area contributed by atoms with E-state index in [1.807, 2.05) is 192 Å². The fourth-order valence-electron chi connectivity index (χ4n) is 13.2. The van der Waals surface area contributed by atoms with Crippen molar-refractivity contribution in [2.45, 2.75) is 274 Å². The molecule has 0 amide bonds. The molecule has 133 heavy (non-hydrogen) atoms. The number of nitriles is 4. The third-order valence-corrected chi connectivity index (χ3v) is 22.2. The van der Waals surface area contributed by atoms with Crippen LogP contribution in [0, 0.1) is 113 Å². The lowest BCUT2D eigenvalue weighted by molar-refractivity contribution is -0.137. The molecule has 8 rings (SSSR count). The Morgan fingerprint density at radius 3 is 0.850 bits per heavy atom. The number of hydrogen-bond donors (Lipinski definition) is 0. The van der Waals surface area contributed by atoms with E-state index in [0.717, 1.165) is 79.0 Å². The van der Waals surface area contributed by atoms with E-state index < -0.39 is 54.0 Å². The highest BCUT2D eigenvalue weighted by molar-refractivity contribution is 8.13. The van der Waals surface area contributed by atoms with E-state index in [1.165, 1.54) is 18.7 Å². The SMILES string of the molecule is C#CCOC(=O)OC(C)O/C(=C(/C#N)c1ccc(C(C)(C)C)cc1)c1c(C)c(C)nn1CC.C=CCOC(=O)OC(C)O/C(=C(/C#N)c1ccc(C(C)(C)C)cc1)c1c(C)c(C)nn1CC.CCSC(=O)OC(C)O/C(=C(/C#N)c1ccc(C(C)(C)C)cc1)c1c(C)c(C)nn1CC.CCn1nc(C)c(C)c1/C(OC(C)OC(=O)SCC(=O)OC)=C(\C#N)c1ccc(C(C)(C)C)cc1. The fourth-order valence-corrected chi connectivity index (χ4v) is 14.2. The van der Waals surface area contributed by atoms with E-state index >= 15 is 0 Å². The molecule has 30 heteroatoms. The van der Waals surface area contributed by atoms with Crippen LogP contribution in [0.5, 0.6) is 0 Å². The highest BCUT2D eigenvalue weighted by atomic mass is 32.2. The van der Waals surface area contributed by atoms with Crippen molar-refractivity contribution >= 4 is 97.7 Å². The number of terminal acetylenes is 1. The first kappa shape index (κ1) is 110. The van der Waals surface area contributed by atoms with Gasteiger partial charge in [-0.05, 0) is 173 Å². The molecule has 710 valence electrons. The number of thioether (sulfide) groups is 2. The number of methoxy groups -OCH3 is 1. The molecule has 0 aliphatic heterocycles. The van der Waals surface area contributed by atoms with E-state index in [-0.39, 0.29) is 52.1 Å². The fraction of sp³-hybridized carbons (Fsp3) is 0.447. The first-order valence-electron chi connectivity index (χ1n) is 43.8. The molecule has 0 fully saturated rings. The Hall–Kier alpha value is -13.2. The smallest absolute Gasteiger partial charge is 0.468 e. The van der Waals surface area contributed by atoms with Gasteiger partial charge in [-0.25, -0.2) is 19.2 Å². The first-order chi connectivity index (χ1) is 62.5. The predicted octanol–water partition coefficient (Wildman–Crippen LogP) is 23.3. The van der Waals surface area contributed by atoms with Crippen molar-refractivity contribution in [2.75, 3.05) is 31.8 Å². The van der Waals surface area contributed by atoms with Gasteiger partial charge in [0.2, 0.25) is 25.2 Å². The lowest BCUT2D eigenvalue weighted by Gasteiger charge is -2.21. The van der Waals surface area contributed by atoms with Gasteiger partial charge in [-0.15, -0.1) is 6.42 Å². The molecule has 0 aliphatic carbocycles. The van der Waals surface area contributed by atoms with Crippen LogP contribution in [0.4, 0.5) is 19.2 Å². The lowest BCUT2D eigenvalue weighted by Crippen LogP contribution is -2.20. The minimum atomic E-state index is -1.04. The van der Waals surface area contributed by atoms with Crippen molar-refractivity contribution in [1.29, 1.82) is 21.0 Å². The van der Waals surface area contributed by atoms with Crippen molar-refractivity contribution in [3.05, 3.63) is 222 Å². The second-order valence-electron chi connectivity index (χ2n) is 34.7. The normalized spacial score (nSPS) is 12.9. The van der Waals surface area contributed by atoms with Crippen LogP contribution in [-0.2, 0) is 105 Å². The van der Waals surface area contributed by atoms with Gasteiger partial charge in [-0.2, -0.15) is 41.4 Å². The van der Waals surface area contributed by atoms with Gasteiger partial charge in [-0.3, -0.25) is 23.5 Å². The van der Waals surface area contributed by atoms with Gasteiger partial charge < -0.3 is 52.1 Å². The molecule has 0 radical (unpaired) electrons. The zero-order valence-electron chi connectivity index (χ0n) is 82.8. The van der Waals surface area contributed by atoms with Crippen LogP contribution in [-0.4, -0.2) is 125 Å². The minimum absolute atomic E-state index is 0.00255. The largest absolute Gasteiger partial charge is 0.512 e. The molecule has 0 N–H and O–H groups in total. The van der Waals surface area contributed by atoms with E-state index in [9.17, 15) is 45.0 Å². The van der Waals surface area contributed by atoms with E-state index in [1.54, 1.807) is 41.7 Å². The Kier molecular flexibility index (Phi) is 41.8. The maximum absolute atomic E-state index is 12.2. The van der Waals surface area contributed by atoms with E-state index in [0.29, 0.717) is 117 Å². The summed E-state index contributed by atoms with van der Waals surface area (Å²) in [5, 5.41) is 57.8. The summed E-state index contributed by atoms with van der Waals surface area (Å²) in [4.78, 5) is 59.2. The van der Waals surface area contributed by atoms with E-state index in [2.05, 4.69) is 145 Å². The molecular weight excluding hydrogens is 1730 g/mol. The summed E-state index contributed by atoms with van der Waals surface area (Å²) in [5.41, 5.74) is 18.1. The van der Waals surface area contributed by atoms with Gasteiger partial charge in [0.05, 0.1) is 29.9 Å². The van der Waals surface area contributed by atoms with Crippen LogP contribution in [0.2, 0.25) is 0 Å². The number of nitrogens with zero attached hydrogens (tertiary/aromatic N) is 12. The summed E-state index contributed by atoms with van der Waals surface area (Å²) in [6.45, 7) is 62.6. The van der Waals surface area contributed by atoms with Gasteiger partial charge in [0, 0.05) is 81.9 Å². The molecule has 4 aromatic heterocycles. The predicted molar refractivity (Wildman–Crippen MR) is 521 cm³/mol. The summed E-state index contributed by atoms with van der Waals surface area (Å²) < 4.78 is 66.8. The van der Waals surface area contributed by atoms with Gasteiger partial charge in [0.15, 0.2) is 29.6 Å². The molecule has 0 aliphatic rings. The Morgan fingerprint density at radius 2 is 0.639 bits per heavy atom. The topological polar surface area (TPSA) is 353 Å². The highest BCUT2D eigenvalue weighted by Crippen LogP contribution is 2.40. The maximum atomic E-state index is 12.2. The number of carbonyl (C=O) groups excluding carboxylic acids is 5. The third-order valence-electron chi connectivity index (χ3n) is 20.9. The number of allylic oxidation sites excluding steroid dienone is 4. The van der Waals surface area contributed by atoms with Crippen molar-refractivity contribution in [1.82, 2.24) is 39.1 Å². The molecule has 28 nitrogen and oxygen atoms in total. The average molecular weight is 1860 g/mol. The summed E-state index contributed by atoms with van der Waals surface area (Å²) >= 11 is 1.75. The molecule has 4 unspecified atom stereocenters. The molecule has 0 spiro atoms. The van der Waals surface area contributed by atoms with Gasteiger partial charge in [-0.1, -0.05) is 206 Å². The quantitative estimate of drug-likeness (QED) is 0.00767. The molecule has 8 aromatic rings. The van der Waals surface area contributed by atoms with Crippen molar-refractivity contribution in [3.63, 3.8) is 0 Å². The maximum Gasteiger partial charge on any atom is 0.512 e. The lowest BCUT2D eigenvalue weighted by atomic mass is 9.86. The Balaban J connectivity index is 0.000000314. The molecule has 0 bridgehead atoms. The van der Waals surface area contributed by atoms with Crippen LogP contribution in [0.1, 0.15) is 258 Å². The summed E-state index contributed by atoms with van der Waals surface area (Å²) in [7, 11) is 1.25. The summed E-state index contributed by atoms with van der Waals surface area (Å²) in [5.74, 6) is 3.30.